The van der Waals surface area contributed by atoms with Gasteiger partial charge in [0.15, 0.2) is 0 Å². The predicted molar refractivity (Wildman–Crippen MR) is 66.1 cm³/mol. The minimum Gasteiger partial charge on any atom is -0.389 e. The SMILES string of the molecule is CC1CCCC2(O)CCC3C(C3(C)C)C12C. The number of hydrogen-bond acceptors (Lipinski definition) is 1. The van der Waals surface area contributed by atoms with E-state index in [2.05, 4.69) is 27.7 Å². The molecule has 3 aliphatic rings. The topological polar surface area (TPSA) is 20.2 Å². The van der Waals surface area contributed by atoms with Gasteiger partial charge in [-0.05, 0) is 48.9 Å². The average molecular weight is 222 g/mol. The molecular weight excluding hydrogens is 196 g/mol. The average Bonchev–Trinajstić information content (AvgIpc) is 2.75. The number of rotatable bonds is 0. The zero-order valence-corrected chi connectivity index (χ0v) is 11.2. The summed E-state index contributed by atoms with van der Waals surface area (Å²) in [7, 11) is 0. The maximum atomic E-state index is 11.0. The van der Waals surface area contributed by atoms with Gasteiger partial charge in [-0.2, -0.15) is 0 Å². The van der Waals surface area contributed by atoms with Crippen molar-refractivity contribution in [3.8, 4) is 0 Å². The van der Waals surface area contributed by atoms with Gasteiger partial charge in [-0.3, -0.25) is 0 Å². The normalized spacial score (nSPS) is 58.7. The van der Waals surface area contributed by atoms with Crippen molar-refractivity contribution < 1.29 is 5.11 Å². The Morgan fingerprint density at radius 1 is 1.06 bits per heavy atom. The second kappa shape index (κ2) is 2.85. The van der Waals surface area contributed by atoms with Crippen LogP contribution in [0.5, 0.6) is 0 Å². The summed E-state index contributed by atoms with van der Waals surface area (Å²) in [5.41, 5.74) is 0.335. The molecule has 92 valence electrons. The lowest BCUT2D eigenvalue weighted by molar-refractivity contribution is -0.167. The molecule has 0 radical (unpaired) electrons. The minimum absolute atomic E-state index is 0.192. The van der Waals surface area contributed by atoms with E-state index >= 15 is 0 Å². The third-order valence-corrected chi connectivity index (χ3v) is 6.82. The fourth-order valence-corrected chi connectivity index (χ4v) is 5.59. The van der Waals surface area contributed by atoms with Gasteiger partial charge in [0, 0.05) is 5.41 Å². The van der Waals surface area contributed by atoms with Crippen LogP contribution in [0.4, 0.5) is 0 Å². The zero-order valence-electron chi connectivity index (χ0n) is 11.2. The van der Waals surface area contributed by atoms with Gasteiger partial charge >= 0.3 is 0 Å². The highest BCUT2D eigenvalue weighted by molar-refractivity contribution is 5.22. The van der Waals surface area contributed by atoms with Crippen molar-refractivity contribution >= 4 is 0 Å². The first kappa shape index (κ1) is 11.1. The second-order valence-electron chi connectivity index (χ2n) is 7.55. The third kappa shape index (κ3) is 1.02. The van der Waals surface area contributed by atoms with Crippen molar-refractivity contribution in [2.75, 3.05) is 0 Å². The Morgan fingerprint density at radius 3 is 2.44 bits per heavy atom. The van der Waals surface area contributed by atoms with Crippen molar-refractivity contribution in [3.05, 3.63) is 0 Å². The van der Waals surface area contributed by atoms with Crippen LogP contribution in [0.15, 0.2) is 0 Å². The lowest BCUT2D eigenvalue weighted by atomic mass is 9.52. The van der Waals surface area contributed by atoms with Crippen molar-refractivity contribution in [3.63, 3.8) is 0 Å². The van der Waals surface area contributed by atoms with Gasteiger partial charge in [0.1, 0.15) is 0 Å². The number of fused-ring (bicyclic) bond motifs is 3. The van der Waals surface area contributed by atoms with E-state index in [4.69, 9.17) is 0 Å². The Hall–Kier alpha value is -0.0400. The summed E-state index contributed by atoms with van der Waals surface area (Å²) in [5, 5.41) is 11.0. The smallest absolute Gasteiger partial charge is 0.0706 e. The second-order valence-corrected chi connectivity index (χ2v) is 7.55. The molecule has 1 heteroatoms. The molecule has 5 unspecified atom stereocenters. The molecule has 1 nitrogen and oxygen atoms in total. The van der Waals surface area contributed by atoms with Crippen molar-refractivity contribution in [1.82, 2.24) is 0 Å². The minimum atomic E-state index is -0.348. The van der Waals surface area contributed by atoms with E-state index in [1.54, 1.807) is 0 Å². The Labute approximate surface area is 99.6 Å². The molecule has 0 aliphatic heterocycles. The van der Waals surface area contributed by atoms with Gasteiger partial charge in [-0.25, -0.2) is 0 Å². The zero-order chi connectivity index (χ0) is 11.8. The van der Waals surface area contributed by atoms with E-state index in [1.165, 1.54) is 19.3 Å². The molecule has 0 aromatic rings. The lowest BCUT2D eigenvalue weighted by Gasteiger charge is -2.55. The maximum Gasteiger partial charge on any atom is 0.0706 e. The Bertz CT molecular complexity index is 321. The molecular formula is C15H26O. The van der Waals surface area contributed by atoms with Crippen molar-refractivity contribution in [2.45, 2.75) is 65.4 Å². The maximum absolute atomic E-state index is 11.0. The number of aliphatic hydroxyl groups is 1. The highest BCUT2D eigenvalue weighted by atomic mass is 16.3. The highest BCUT2D eigenvalue weighted by Gasteiger charge is 2.73. The van der Waals surface area contributed by atoms with E-state index in [0.29, 0.717) is 11.3 Å². The first-order valence-electron chi connectivity index (χ1n) is 7.06. The van der Waals surface area contributed by atoms with Gasteiger partial charge in [-0.1, -0.05) is 34.1 Å². The largest absolute Gasteiger partial charge is 0.389 e. The van der Waals surface area contributed by atoms with Crippen LogP contribution in [0.1, 0.15) is 59.8 Å². The molecule has 0 aromatic heterocycles. The van der Waals surface area contributed by atoms with E-state index in [0.717, 1.165) is 24.7 Å². The summed E-state index contributed by atoms with van der Waals surface area (Å²) in [6.07, 6.45) is 5.91. The van der Waals surface area contributed by atoms with Gasteiger partial charge < -0.3 is 5.11 Å². The quantitative estimate of drug-likeness (QED) is 0.664. The van der Waals surface area contributed by atoms with E-state index in [-0.39, 0.29) is 11.0 Å². The molecule has 3 saturated carbocycles. The Kier molecular flexibility index (Phi) is 1.98. The third-order valence-electron chi connectivity index (χ3n) is 6.82. The molecule has 16 heavy (non-hydrogen) atoms. The molecule has 0 aromatic carbocycles. The summed E-state index contributed by atoms with van der Waals surface area (Å²) in [6, 6.07) is 0. The monoisotopic (exact) mass is 222 g/mol. The van der Waals surface area contributed by atoms with E-state index in [9.17, 15) is 5.11 Å². The van der Waals surface area contributed by atoms with Gasteiger partial charge in [0.2, 0.25) is 0 Å². The number of hydrogen-bond donors (Lipinski definition) is 1. The first-order chi connectivity index (χ1) is 7.34. The molecule has 3 aliphatic carbocycles. The first-order valence-corrected chi connectivity index (χ1v) is 7.06. The molecule has 3 fully saturated rings. The summed E-state index contributed by atoms with van der Waals surface area (Å²) < 4.78 is 0. The van der Waals surface area contributed by atoms with Crippen LogP contribution >= 0.6 is 0 Å². The lowest BCUT2D eigenvalue weighted by Crippen LogP contribution is -2.56. The van der Waals surface area contributed by atoms with Gasteiger partial charge in [0.05, 0.1) is 5.60 Å². The molecule has 5 atom stereocenters. The van der Waals surface area contributed by atoms with Crippen LogP contribution in [-0.4, -0.2) is 10.7 Å². The molecule has 0 bridgehead atoms. The van der Waals surface area contributed by atoms with Crippen LogP contribution in [0, 0.1) is 28.6 Å². The predicted octanol–water partition coefficient (Wildman–Crippen LogP) is 3.61. The molecule has 0 amide bonds. The summed E-state index contributed by atoms with van der Waals surface area (Å²) in [5.74, 6) is 2.35. The van der Waals surface area contributed by atoms with Gasteiger partial charge in [-0.15, -0.1) is 0 Å². The van der Waals surface area contributed by atoms with Crippen LogP contribution in [0.2, 0.25) is 0 Å². The fraction of sp³-hybridized carbons (Fsp3) is 1.00. The van der Waals surface area contributed by atoms with Crippen LogP contribution in [-0.2, 0) is 0 Å². The van der Waals surface area contributed by atoms with Crippen molar-refractivity contribution in [2.24, 2.45) is 28.6 Å². The van der Waals surface area contributed by atoms with Crippen molar-refractivity contribution in [1.29, 1.82) is 0 Å². The highest BCUT2D eigenvalue weighted by Crippen LogP contribution is 2.76. The molecule has 1 N–H and O–H groups in total. The molecule has 0 spiro atoms. The van der Waals surface area contributed by atoms with Crippen LogP contribution < -0.4 is 0 Å². The standard InChI is InChI=1S/C15H26O/c1-10-6-5-8-15(16)9-7-11-12(13(11,2)3)14(10,15)4/h10-12,16H,5-9H2,1-4H3. The van der Waals surface area contributed by atoms with E-state index < -0.39 is 0 Å². The Morgan fingerprint density at radius 2 is 1.75 bits per heavy atom. The van der Waals surface area contributed by atoms with E-state index in [1.807, 2.05) is 0 Å². The molecule has 3 rings (SSSR count). The Balaban J connectivity index is 2.03. The fourth-order valence-electron chi connectivity index (χ4n) is 5.59. The molecule has 0 heterocycles. The van der Waals surface area contributed by atoms with Crippen LogP contribution in [0.25, 0.3) is 0 Å². The van der Waals surface area contributed by atoms with Gasteiger partial charge in [0.25, 0.3) is 0 Å². The summed E-state index contributed by atoms with van der Waals surface area (Å²) in [4.78, 5) is 0. The molecule has 0 saturated heterocycles. The summed E-state index contributed by atoms with van der Waals surface area (Å²) in [6.45, 7) is 9.60. The van der Waals surface area contributed by atoms with Crippen LogP contribution in [0.3, 0.4) is 0 Å². The summed E-state index contributed by atoms with van der Waals surface area (Å²) >= 11 is 0.